The van der Waals surface area contributed by atoms with E-state index in [1.807, 2.05) is 60.7 Å². The lowest BCUT2D eigenvalue weighted by Gasteiger charge is -2.27. The summed E-state index contributed by atoms with van der Waals surface area (Å²) in [6.45, 7) is 0.810. The first kappa shape index (κ1) is 15.9. The number of halogens is 1. The summed E-state index contributed by atoms with van der Waals surface area (Å²) < 4.78 is 0. The second-order valence-electron chi connectivity index (χ2n) is 6.31. The number of rotatable bonds is 4. The van der Waals surface area contributed by atoms with Crippen LogP contribution in [-0.4, -0.2) is 5.78 Å². The Bertz CT molecular complexity index is 889. The summed E-state index contributed by atoms with van der Waals surface area (Å²) in [4.78, 5) is 15.1. The first-order valence-electron chi connectivity index (χ1n) is 8.40. The van der Waals surface area contributed by atoms with Gasteiger partial charge in [0.1, 0.15) is 0 Å². The van der Waals surface area contributed by atoms with Crippen LogP contribution in [0.4, 0.5) is 5.69 Å². The van der Waals surface area contributed by atoms with Gasteiger partial charge in [0.15, 0.2) is 5.78 Å². The molecule has 1 unspecified atom stereocenters. The third-order valence-corrected chi connectivity index (χ3v) is 5.02. The van der Waals surface area contributed by atoms with Crippen molar-refractivity contribution < 1.29 is 4.79 Å². The molecule has 0 aliphatic carbocycles. The van der Waals surface area contributed by atoms with Crippen LogP contribution in [0.2, 0.25) is 5.02 Å². The van der Waals surface area contributed by atoms with Crippen molar-refractivity contribution in [1.29, 1.82) is 0 Å². The molecule has 25 heavy (non-hydrogen) atoms. The van der Waals surface area contributed by atoms with E-state index in [1.54, 1.807) is 0 Å². The summed E-state index contributed by atoms with van der Waals surface area (Å²) in [5.74, 6) is 0.168. The molecule has 0 N–H and O–H groups in total. The first-order valence-corrected chi connectivity index (χ1v) is 8.78. The Morgan fingerprint density at radius 3 is 2.36 bits per heavy atom. The molecule has 0 bridgehead atoms. The van der Waals surface area contributed by atoms with E-state index in [0.29, 0.717) is 6.42 Å². The largest absolute Gasteiger partial charge is 0.360 e. The topological polar surface area (TPSA) is 20.3 Å². The monoisotopic (exact) mass is 347 g/mol. The summed E-state index contributed by atoms with van der Waals surface area (Å²) >= 11 is 6.04. The molecule has 1 heterocycles. The smallest absolute Gasteiger partial charge is 0.165 e. The predicted octanol–water partition coefficient (Wildman–Crippen LogP) is 5.67. The molecule has 2 nitrogen and oxygen atoms in total. The van der Waals surface area contributed by atoms with Crippen molar-refractivity contribution >= 4 is 23.1 Å². The van der Waals surface area contributed by atoms with E-state index < -0.39 is 0 Å². The number of Topliss-reactive ketones (excluding diaryl/α,β-unsaturated/α-hetero) is 1. The molecule has 4 rings (SSSR count). The SMILES string of the molecule is O=C(CC1c2ccccc2CN1c1ccc(Cl)cc1)c1ccccc1. The predicted molar refractivity (Wildman–Crippen MR) is 102 cm³/mol. The van der Waals surface area contributed by atoms with Crippen molar-refractivity contribution in [2.24, 2.45) is 0 Å². The maximum atomic E-state index is 12.8. The van der Waals surface area contributed by atoms with Gasteiger partial charge in [-0.2, -0.15) is 0 Å². The molecule has 124 valence electrons. The van der Waals surface area contributed by atoms with Gasteiger partial charge in [-0.1, -0.05) is 66.2 Å². The minimum atomic E-state index is 0.0464. The van der Waals surface area contributed by atoms with Gasteiger partial charge in [-0.05, 0) is 35.4 Å². The Morgan fingerprint density at radius 1 is 0.920 bits per heavy atom. The normalized spacial score (nSPS) is 15.9. The van der Waals surface area contributed by atoms with E-state index in [2.05, 4.69) is 23.1 Å². The van der Waals surface area contributed by atoms with Crippen LogP contribution >= 0.6 is 11.6 Å². The Kier molecular flexibility index (Phi) is 4.29. The minimum Gasteiger partial charge on any atom is -0.360 e. The molecule has 3 aromatic carbocycles. The summed E-state index contributed by atoms with van der Waals surface area (Å²) in [7, 11) is 0. The van der Waals surface area contributed by atoms with Gasteiger partial charge in [0.05, 0.1) is 6.04 Å². The Balaban J connectivity index is 1.67. The van der Waals surface area contributed by atoms with Gasteiger partial charge in [0.2, 0.25) is 0 Å². The average Bonchev–Trinajstić information content (AvgIpc) is 3.02. The van der Waals surface area contributed by atoms with E-state index in [4.69, 9.17) is 11.6 Å². The van der Waals surface area contributed by atoms with Gasteiger partial charge in [0, 0.05) is 29.2 Å². The van der Waals surface area contributed by atoms with Crippen LogP contribution in [0.15, 0.2) is 78.9 Å². The highest BCUT2D eigenvalue weighted by Gasteiger charge is 2.31. The summed E-state index contributed by atoms with van der Waals surface area (Å²) in [5.41, 5.74) is 4.37. The minimum absolute atomic E-state index is 0.0464. The molecule has 3 aromatic rings. The number of hydrogen-bond acceptors (Lipinski definition) is 2. The molecular weight excluding hydrogens is 330 g/mol. The fraction of sp³-hybridized carbons (Fsp3) is 0.136. The maximum Gasteiger partial charge on any atom is 0.165 e. The maximum absolute atomic E-state index is 12.8. The van der Waals surface area contributed by atoms with Crippen molar-refractivity contribution in [3.05, 3.63) is 101 Å². The van der Waals surface area contributed by atoms with Crippen LogP contribution in [0, 0.1) is 0 Å². The number of ketones is 1. The van der Waals surface area contributed by atoms with Crippen LogP contribution in [0.25, 0.3) is 0 Å². The zero-order valence-corrected chi connectivity index (χ0v) is 14.5. The average molecular weight is 348 g/mol. The van der Waals surface area contributed by atoms with Gasteiger partial charge in [-0.25, -0.2) is 0 Å². The van der Waals surface area contributed by atoms with E-state index in [1.165, 1.54) is 11.1 Å². The van der Waals surface area contributed by atoms with Crippen molar-refractivity contribution in [1.82, 2.24) is 0 Å². The van der Waals surface area contributed by atoms with Crippen LogP contribution in [-0.2, 0) is 6.54 Å². The van der Waals surface area contributed by atoms with Gasteiger partial charge in [0.25, 0.3) is 0 Å². The molecule has 1 atom stereocenters. The molecule has 0 spiro atoms. The fourth-order valence-electron chi connectivity index (χ4n) is 3.51. The first-order chi connectivity index (χ1) is 12.2. The lowest BCUT2D eigenvalue weighted by atomic mass is 9.97. The second-order valence-corrected chi connectivity index (χ2v) is 6.75. The molecule has 0 radical (unpaired) electrons. The highest BCUT2D eigenvalue weighted by molar-refractivity contribution is 6.30. The standard InChI is InChI=1S/C22H18ClNO/c23-18-10-12-19(13-11-18)24-15-17-8-4-5-9-20(17)21(24)14-22(25)16-6-2-1-3-7-16/h1-13,21H,14-15H2. The van der Waals surface area contributed by atoms with Gasteiger partial charge < -0.3 is 4.90 Å². The molecule has 3 heteroatoms. The third-order valence-electron chi connectivity index (χ3n) is 4.76. The number of benzene rings is 3. The molecule has 0 amide bonds. The highest BCUT2D eigenvalue weighted by Crippen LogP contribution is 2.40. The molecule has 0 saturated heterocycles. The van der Waals surface area contributed by atoms with Crippen molar-refractivity contribution in [2.45, 2.75) is 19.0 Å². The van der Waals surface area contributed by atoms with E-state index in [-0.39, 0.29) is 11.8 Å². The molecule has 1 aliphatic rings. The third kappa shape index (κ3) is 3.18. The zero-order chi connectivity index (χ0) is 17.2. The van der Waals surface area contributed by atoms with Crippen molar-refractivity contribution in [3.8, 4) is 0 Å². The fourth-order valence-corrected chi connectivity index (χ4v) is 3.63. The van der Waals surface area contributed by atoms with E-state index in [9.17, 15) is 4.79 Å². The number of carbonyl (C=O) groups excluding carboxylic acids is 1. The highest BCUT2D eigenvalue weighted by atomic mass is 35.5. The number of nitrogens with zero attached hydrogens (tertiary/aromatic N) is 1. The van der Waals surface area contributed by atoms with Crippen LogP contribution in [0.1, 0.15) is 33.9 Å². The summed E-state index contributed by atoms with van der Waals surface area (Å²) in [6, 6.07) is 25.8. The molecule has 0 saturated carbocycles. The Labute approximate surface area is 152 Å². The van der Waals surface area contributed by atoms with Gasteiger partial charge >= 0.3 is 0 Å². The lowest BCUT2D eigenvalue weighted by Crippen LogP contribution is -2.23. The lowest BCUT2D eigenvalue weighted by molar-refractivity contribution is 0.0974. The molecule has 1 aliphatic heterocycles. The van der Waals surface area contributed by atoms with Gasteiger partial charge in [-0.3, -0.25) is 4.79 Å². The number of hydrogen-bond donors (Lipinski definition) is 0. The second kappa shape index (κ2) is 6.73. The van der Waals surface area contributed by atoms with E-state index in [0.717, 1.165) is 22.8 Å². The molecule has 0 aromatic heterocycles. The summed E-state index contributed by atoms with van der Waals surface area (Å²) in [6.07, 6.45) is 0.462. The molecule has 0 fully saturated rings. The number of fused-ring (bicyclic) bond motifs is 1. The van der Waals surface area contributed by atoms with Gasteiger partial charge in [-0.15, -0.1) is 0 Å². The quantitative estimate of drug-likeness (QED) is 0.566. The van der Waals surface area contributed by atoms with Crippen LogP contribution < -0.4 is 4.90 Å². The number of carbonyl (C=O) groups is 1. The Morgan fingerprint density at radius 2 is 1.60 bits per heavy atom. The molecular formula is C22H18ClNO. The van der Waals surface area contributed by atoms with Crippen LogP contribution in [0.3, 0.4) is 0 Å². The van der Waals surface area contributed by atoms with E-state index >= 15 is 0 Å². The van der Waals surface area contributed by atoms with Crippen LogP contribution in [0.5, 0.6) is 0 Å². The van der Waals surface area contributed by atoms with Crippen molar-refractivity contribution in [2.75, 3.05) is 4.90 Å². The van der Waals surface area contributed by atoms with Crippen molar-refractivity contribution in [3.63, 3.8) is 0 Å². The zero-order valence-electron chi connectivity index (χ0n) is 13.7. The Hall–Kier alpha value is -2.58. The number of anilines is 1. The summed E-state index contributed by atoms with van der Waals surface area (Å²) in [5, 5.41) is 0.720.